The molecule has 2 amide bonds. The van der Waals surface area contributed by atoms with Gasteiger partial charge in [0.15, 0.2) is 23.4 Å². The van der Waals surface area contributed by atoms with Crippen molar-refractivity contribution in [2.75, 3.05) is 13.1 Å². The van der Waals surface area contributed by atoms with Crippen LogP contribution in [0.25, 0.3) is 0 Å². The van der Waals surface area contributed by atoms with E-state index in [4.69, 9.17) is 24.0 Å². The summed E-state index contributed by atoms with van der Waals surface area (Å²) in [6.45, 7) is 6.78. The van der Waals surface area contributed by atoms with Crippen molar-refractivity contribution in [1.29, 1.82) is 0 Å². The number of ether oxygens (including phenoxy) is 3. The minimum atomic E-state index is -0.913. The largest absolute Gasteiger partial charge is 0.504 e. The molecule has 1 aromatic rings. The van der Waals surface area contributed by atoms with E-state index in [0.29, 0.717) is 38.3 Å². The number of carbonyl (C=O) groups is 3. The van der Waals surface area contributed by atoms with Gasteiger partial charge in [0.1, 0.15) is 0 Å². The zero-order chi connectivity index (χ0) is 30.8. The van der Waals surface area contributed by atoms with Crippen LogP contribution in [0.4, 0.5) is 0 Å². The number of fused-ring (bicyclic) bond motifs is 2. The monoisotopic (exact) mass is 604 g/mol. The summed E-state index contributed by atoms with van der Waals surface area (Å²) >= 11 is 0. The molecule has 0 aromatic heterocycles. The summed E-state index contributed by atoms with van der Waals surface area (Å²) in [6, 6.07) is 4.53. The van der Waals surface area contributed by atoms with Gasteiger partial charge in [0.2, 0.25) is 23.9 Å². The molecule has 1 spiro atoms. The molecule has 0 unspecified atom stereocenters. The van der Waals surface area contributed by atoms with E-state index in [1.807, 2.05) is 13.8 Å². The van der Waals surface area contributed by atoms with Gasteiger partial charge in [-0.15, -0.1) is 0 Å². The van der Waals surface area contributed by atoms with E-state index >= 15 is 0 Å². The first-order valence-electron chi connectivity index (χ1n) is 15.4. The zero-order valence-electron chi connectivity index (χ0n) is 25.1. The highest BCUT2D eigenvalue weighted by Gasteiger charge is 2.69. The van der Waals surface area contributed by atoms with Gasteiger partial charge in [0.05, 0.1) is 6.42 Å². The van der Waals surface area contributed by atoms with Crippen LogP contribution in [-0.4, -0.2) is 65.1 Å². The van der Waals surface area contributed by atoms with Gasteiger partial charge in [-0.1, -0.05) is 19.9 Å². The molecule has 4 N–H and O–H groups in total. The third kappa shape index (κ3) is 6.77. The third-order valence-corrected chi connectivity index (χ3v) is 9.58. The molecule has 8 atom stereocenters. The Morgan fingerprint density at radius 1 is 0.953 bits per heavy atom. The fourth-order valence-electron chi connectivity index (χ4n) is 7.14. The number of benzene rings is 1. The SMILES string of the molecule is C[C@@H]1[C@H](OC(=O)CCC(=O)NCCCC(=O)NCCc2ccc(O)c(O)c2)O[C@H]2O[C@@]3(C)CC[C@H]4[C@H](C)CC[C@H]1[C@]24OO3. The van der Waals surface area contributed by atoms with Gasteiger partial charge >= 0.3 is 5.97 Å². The second-order valence-electron chi connectivity index (χ2n) is 12.6. The topological polar surface area (TPSA) is 162 Å². The molecule has 6 rings (SSSR count). The Labute approximate surface area is 251 Å². The maximum absolute atomic E-state index is 12.7. The van der Waals surface area contributed by atoms with Gasteiger partial charge in [-0.3, -0.25) is 14.4 Å². The van der Waals surface area contributed by atoms with Gasteiger partial charge in [-0.25, -0.2) is 9.78 Å². The minimum absolute atomic E-state index is 0.0342. The Morgan fingerprint density at radius 3 is 2.51 bits per heavy atom. The molecule has 1 aromatic carbocycles. The molecule has 4 heterocycles. The first kappa shape index (κ1) is 31.5. The first-order valence-corrected chi connectivity index (χ1v) is 15.4. The van der Waals surface area contributed by atoms with Gasteiger partial charge < -0.3 is 35.1 Å². The van der Waals surface area contributed by atoms with E-state index in [9.17, 15) is 24.6 Å². The second-order valence-corrected chi connectivity index (χ2v) is 12.6. The molecule has 1 saturated carbocycles. The lowest BCUT2D eigenvalue weighted by Gasteiger charge is -2.59. The Balaban J connectivity index is 1.01. The number of nitrogens with one attached hydrogen (secondary N) is 2. The fraction of sp³-hybridized carbons (Fsp3) is 0.710. The average Bonchev–Trinajstić information content (AvgIpc) is 3.20. The van der Waals surface area contributed by atoms with E-state index in [-0.39, 0.29) is 60.3 Å². The number of amides is 2. The molecule has 238 valence electrons. The van der Waals surface area contributed by atoms with Crippen molar-refractivity contribution in [3.05, 3.63) is 23.8 Å². The molecule has 1 aliphatic carbocycles. The summed E-state index contributed by atoms with van der Waals surface area (Å²) in [5, 5.41) is 24.4. The molecular weight excluding hydrogens is 560 g/mol. The van der Waals surface area contributed by atoms with Crippen molar-refractivity contribution in [3.63, 3.8) is 0 Å². The Kier molecular flexibility index (Phi) is 9.50. The van der Waals surface area contributed by atoms with E-state index in [1.54, 1.807) is 6.07 Å². The molecule has 0 radical (unpaired) electrons. The zero-order valence-corrected chi connectivity index (χ0v) is 25.1. The standard InChI is InChI=1S/C31H44N2O10/c1-18-6-8-22-19(2)28(40-29-31(22)21(18)12-14-30(3,41-29)42-43-31)39-27(38)11-10-26(37)32-15-4-5-25(36)33-16-13-20-7-9-23(34)24(35)17-20/h7,9,17-19,21-22,28-29,34-35H,4-6,8,10-16H2,1-3H3,(H,32,37)(H,33,36)/t18-,19+,21+,22-,28-,29+,30-,31+/m1/s1. The van der Waals surface area contributed by atoms with E-state index < -0.39 is 29.9 Å². The highest BCUT2D eigenvalue weighted by molar-refractivity contribution is 5.81. The van der Waals surface area contributed by atoms with Crippen molar-refractivity contribution in [1.82, 2.24) is 10.6 Å². The van der Waals surface area contributed by atoms with Gasteiger partial charge in [0.25, 0.3) is 0 Å². The molecule has 4 aliphatic heterocycles. The van der Waals surface area contributed by atoms with Gasteiger partial charge in [0, 0.05) is 44.2 Å². The summed E-state index contributed by atoms with van der Waals surface area (Å²) < 4.78 is 18.3. The third-order valence-electron chi connectivity index (χ3n) is 9.58. The summed E-state index contributed by atoms with van der Waals surface area (Å²) in [5.74, 6) is -1.73. The van der Waals surface area contributed by atoms with Gasteiger partial charge in [-0.2, -0.15) is 0 Å². The van der Waals surface area contributed by atoms with E-state index in [0.717, 1.165) is 24.8 Å². The molecule has 5 fully saturated rings. The number of phenols is 2. The lowest BCUT2D eigenvalue weighted by atomic mass is 9.58. The predicted octanol–water partition coefficient (Wildman–Crippen LogP) is 3.18. The second kappa shape index (κ2) is 13.0. The number of phenolic OH excluding ortho intramolecular Hbond substituents is 2. The minimum Gasteiger partial charge on any atom is -0.504 e. The molecule has 2 bridgehead atoms. The Hall–Kier alpha value is -2.93. The Morgan fingerprint density at radius 2 is 1.72 bits per heavy atom. The van der Waals surface area contributed by atoms with E-state index in [2.05, 4.69) is 17.6 Å². The number of hydrogen-bond acceptors (Lipinski definition) is 10. The van der Waals surface area contributed by atoms with Crippen molar-refractivity contribution < 1.29 is 48.6 Å². The number of aromatic hydroxyl groups is 2. The van der Waals surface area contributed by atoms with Crippen molar-refractivity contribution in [3.8, 4) is 11.5 Å². The van der Waals surface area contributed by atoms with Crippen LogP contribution in [0.3, 0.4) is 0 Å². The lowest BCUT2D eigenvalue weighted by molar-refractivity contribution is -0.576. The number of esters is 1. The highest BCUT2D eigenvalue weighted by Crippen LogP contribution is 2.60. The molecular formula is C31H44N2O10. The fourth-order valence-corrected chi connectivity index (χ4v) is 7.14. The first-order chi connectivity index (χ1) is 20.5. The van der Waals surface area contributed by atoms with Gasteiger partial charge in [-0.05, 0) is 68.6 Å². The van der Waals surface area contributed by atoms with Crippen LogP contribution < -0.4 is 10.6 Å². The highest BCUT2D eigenvalue weighted by atomic mass is 17.3. The van der Waals surface area contributed by atoms with Crippen molar-refractivity contribution >= 4 is 17.8 Å². The predicted molar refractivity (Wildman–Crippen MR) is 151 cm³/mol. The summed E-state index contributed by atoms with van der Waals surface area (Å²) in [7, 11) is 0. The Bertz CT molecular complexity index is 1200. The maximum atomic E-state index is 12.7. The smallest absolute Gasteiger partial charge is 0.308 e. The van der Waals surface area contributed by atoms with Crippen LogP contribution in [-0.2, 0) is 44.8 Å². The molecule has 5 aliphatic rings. The maximum Gasteiger partial charge on any atom is 0.308 e. The van der Waals surface area contributed by atoms with E-state index in [1.165, 1.54) is 12.1 Å². The quantitative estimate of drug-likeness (QED) is 0.128. The lowest BCUT2D eigenvalue weighted by Crippen LogP contribution is -2.70. The summed E-state index contributed by atoms with van der Waals surface area (Å²) in [6.07, 6.45) is 3.09. The van der Waals surface area contributed by atoms with Crippen LogP contribution in [0.2, 0.25) is 0 Å². The van der Waals surface area contributed by atoms with Crippen molar-refractivity contribution in [2.24, 2.45) is 23.7 Å². The van der Waals surface area contributed by atoms with Crippen LogP contribution in [0, 0.1) is 23.7 Å². The summed E-state index contributed by atoms with van der Waals surface area (Å²) in [4.78, 5) is 49.0. The van der Waals surface area contributed by atoms with Crippen LogP contribution >= 0.6 is 0 Å². The molecule has 12 heteroatoms. The average molecular weight is 605 g/mol. The normalized spacial score (nSPS) is 34.5. The van der Waals surface area contributed by atoms with Crippen LogP contribution in [0.1, 0.15) is 77.7 Å². The summed E-state index contributed by atoms with van der Waals surface area (Å²) in [5.41, 5.74) is 0.0543. The van der Waals surface area contributed by atoms with Crippen LogP contribution in [0.5, 0.6) is 11.5 Å². The molecule has 12 nitrogen and oxygen atoms in total. The number of rotatable bonds is 11. The van der Waals surface area contributed by atoms with Crippen molar-refractivity contribution in [2.45, 2.75) is 103 Å². The molecule has 43 heavy (non-hydrogen) atoms. The number of hydrogen-bond donors (Lipinski definition) is 4. The van der Waals surface area contributed by atoms with Crippen LogP contribution in [0.15, 0.2) is 18.2 Å². The number of carbonyl (C=O) groups excluding carboxylic acids is 3. The molecule has 4 saturated heterocycles.